The molecule has 1 aromatic rings. The van der Waals surface area contributed by atoms with Gasteiger partial charge in [-0.25, -0.2) is 4.98 Å². The van der Waals surface area contributed by atoms with Crippen molar-refractivity contribution in [2.45, 2.75) is 8.69 Å². The molecule has 1 atom stereocenters. The lowest BCUT2D eigenvalue weighted by molar-refractivity contribution is 0.774. The lowest BCUT2D eigenvalue weighted by Gasteiger charge is -2.20. The van der Waals surface area contributed by atoms with Gasteiger partial charge in [-0.3, -0.25) is 5.32 Å². The molecule has 2 rings (SSSR count). The van der Waals surface area contributed by atoms with Crippen molar-refractivity contribution in [3.63, 3.8) is 0 Å². The van der Waals surface area contributed by atoms with Gasteiger partial charge in [0.25, 0.3) is 0 Å². The van der Waals surface area contributed by atoms with Gasteiger partial charge in [0.15, 0.2) is 8.69 Å². The van der Waals surface area contributed by atoms with E-state index in [1.54, 1.807) is 18.0 Å². The van der Waals surface area contributed by atoms with Crippen molar-refractivity contribution < 1.29 is 0 Å². The number of thioether (sulfide) groups is 2. The van der Waals surface area contributed by atoms with Crippen LogP contribution in [0.3, 0.4) is 0 Å². The maximum atomic E-state index is 4.58. The minimum Gasteiger partial charge on any atom is -0.329 e. The summed E-state index contributed by atoms with van der Waals surface area (Å²) in [7, 11) is 1.99. The molecule has 1 fully saturated rings. The Labute approximate surface area is 91.5 Å². The fourth-order valence-electron chi connectivity index (χ4n) is 1.09. The van der Waals surface area contributed by atoms with Crippen molar-refractivity contribution in [2.24, 2.45) is 7.05 Å². The first kappa shape index (κ1) is 9.76. The number of rotatable bonds is 2. The Hall–Kier alpha value is 0.220. The van der Waals surface area contributed by atoms with E-state index in [1.807, 2.05) is 29.6 Å². The number of aryl methyl sites for hydroxylation is 1. The van der Waals surface area contributed by atoms with Crippen molar-refractivity contribution in [3.8, 4) is 0 Å². The predicted octanol–water partition coefficient (Wildman–Crippen LogP) is 1.39. The highest BCUT2D eigenvalue weighted by Gasteiger charge is 2.32. The van der Waals surface area contributed by atoms with E-state index in [9.17, 15) is 0 Å². The highest BCUT2D eigenvalue weighted by molar-refractivity contribution is 8.29. The smallest absolute Gasteiger partial charge is 0.171 e. The lowest BCUT2D eigenvalue weighted by Crippen LogP contribution is -2.27. The average Bonchev–Trinajstić information content (AvgIpc) is 2.64. The molecule has 1 N–H and O–H groups in total. The van der Waals surface area contributed by atoms with Crippen LogP contribution in [-0.4, -0.2) is 25.4 Å². The first-order chi connectivity index (χ1) is 6.20. The van der Waals surface area contributed by atoms with Crippen LogP contribution in [0.1, 0.15) is 0 Å². The second kappa shape index (κ2) is 3.76. The summed E-state index contributed by atoms with van der Waals surface area (Å²) in [4.78, 5) is 4.25. The Morgan fingerprint density at radius 2 is 2.69 bits per heavy atom. The molecule has 1 aliphatic heterocycles. The van der Waals surface area contributed by atoms with Crippen LogP contribution in [-0.2, 0) is 7.05 Å². The Morgan fingerprint density at radius 1 is 1.85 bits per heavy atom. The summed E-state index contributed by atoms with van der Waals surface area (Å²) in [5, 5.41) is 4.33. The first-order valence-corrected chi connectivity index (χ1v) is 6.22. The molecule has 3 nitrogen and oxygen atoms in total. The van der Waals surface area contributed by atoms with Gasteiger partial charge < -0.3 is 4.57 Å². The van der Waals surface area contributed by atoms with E-state index in [0.717, 1.165) is 17.5 Å². The van der Waals surface area contributed by atoms with Gasteiger partial charge in [0.05, 0.1) is 0 Å². The molecule has 0 aliphatic carbocycles. The van der Waals surface area contributed by atoms with Crippen LogP contribution in [0.4, 0.5) is 0 Å². The Bertz CT molecular complexity index is 293. The molecule has 1 aliphatic rings. The molecule has 2 heterocycles. The quantitative estimate of drug-likeness (QED) is 0.597. The number of nitrogens with zero attached hydrogens (tertiary/aromatic N) is 2. The monoisotopic (exact) mass is 233 g/mol. The standard InChI is InChI=1S/C7H11N3S3/c1-10-4-2-8-6(10)13-7(11)9-3-5-12-7/h2,4,9,11H,3,5H2,1H3. The van der Waals surface area contributed by atoms with Crippen LogP contribution < -0.4 is 5.32 Å². The number of thiol groups is 1. The highest BCUT2D eigenvalue weighted by Crippen LogP contribution is 2.44. The van der Waals surface area contributed by atoms with Crippen LogP contribution in [0.2, 0.25) is 0 Å². The van der Waals surface area contributed by atoms with Gasteiger partial charge in [0.1, 0.15) is 0 Å². The fourth-order valence-corrected chi connectivity index (χ4v) is 3.85. The van der Waals surface area contributed by atoms with Crippen molar-refractivity contribution >= 4 is 36.2 Å². The van der Waals surface area contributed by atoms with Crippen LogP contribution >= 0.6 is 36.2 Å². The zero-order chi connectivity index (χ0) is 9.31. The minimum atomic E-state index is -0.195. The van der Waals surface area contributed by atoms with Crippen molar-refractivity contribution in [1.29, 1.82) is 0 Å². The molecule has 13 heavy (non-hydrogen) atoms. The molecular weight excluding hydrogens is 222 g/mol. The van der Waals surface area contributed by atoms with Gasteiger partial charge in [-0.2, -0.15) is 0 Å². The van der Waals surface area contributed by atoms with Crippen molar-refractivity contribution in [3.05, 3.63) is 12.4 Å². The minimum absolute atomic E-state index is 0.195. The number of aromatic nitrogens is 2. The van der Waals surface area contributed by atoms with Crippen LogP contribution in [0.5, 0.6) is 0 Å². The third kappa shape index (κ3) is 2.18. The van der Waals surface area contributed by atoms with E-state index < -0.39 is 0 Å². The Kier molecular flexibility index (Phi) is 2.83. The summed E-state index contributed by atoms with van der Waals surface area (Å²) in [6, 6.07) is 0. The molecule has 0 radical (unpaired) electrons. The summed E-state index contributed by atoms with van der Waals surface area (Å²) in [6.07, 6.45) is 3.75. The topological polar surface area (TPSA) is 29.9 Å². The highest BCUT2D eigenvalue weighted by atomic mass is 32.3. The summed E-state index contributed by atoms with van der Waals surface area (Å²) in [5.74, 6) is 1.11. The number of hydrogen-bond donors (Lipinski definition) is 2. The molecule has 0 spiro atoms. The molecule has 0 amide bonds. The molecule has 1 aromatic heterocycles. The number of hydrogen-bond acceptors (Lipinski definition) is 5. The Balaban J connectivity index is 2.09. The normalized spacial score (nSPS) is 28.2. The molecule has 0 saturated carbocycles. The van der Waals surface area contributed by atoms with Gasteiger partial charge in [-0.15, -0.1) is 24.4 Å². The first-order valence-electron chi connectivity index (χ1n) is 3.97. The zero-order valence-corrected chi connectivity index (χ0v) is 9.75. The molecule has 72 valence electrons. The molecule has 6 heteroatoms. The third-order valence-corrected chi connectivity index (χ3v) is 5.12. The summed E-state index contributed by atoms with van der Waals surface area (Å²) in [5.41, 5.74) is 0. The molecule has 1 saturated heterocycles. The van der Waals surface area contributed by atoms with Crippen LogP contribution in [0.25, 0.3) is 0 Å². The number of nitrogens with one attached hydrogen (secondary N) is 1. The predicted molar refractivity (Wildman–Crippen MR) is 61.2 cm³/mol. The largest absolute Gasteiger partial charge is 0.329 e. The average molecular weight is 233 g/mol. The SMILES string of the molecule is Cn1ccnc1SC1(S)NCCS1. The van der Waals surface area contributed by atoms with E-state index in [-0.39, 0.29) is 3.54 Å². The van der Waals surface area contributed by atoms with Gasteiger partial charge >= 0.3 is 0 Å². The van der Waals surface area contributed by atoms with Crippen molar-refractivity contribution in [2.75, 3.05) is 12.3 Å². The second-order valence-corrected chi connectivity index (χ2v) is 6.81. The van der Waals surface area contributed by atoms with Gasteiger partial charge in [-0.05, 0) is 11.8 Å². The fraction of sp³-hybridized carbons (Fsp3) is 0.571. The molecule has 1 unspecified atom stereocenters. The van der Waals surface area contributed by atoms with Crippen molar-refractivity contribution in [1.82, 2.24) is 14.9 Å². The van der Waals surface area contributed by atoms with Crippen LogP contribution in [0.15, 0.2) is 17.6 Å². The van der Waals surface area contributed by atoms with Crippen LogP contribution in [0, 0.1) is 0 Å². The summed E-state index contributed by atoms with van der Waals surface area (Å²) >= 11 is 8.05. The maximum Gasteiger partial charge on any atom is 0.171 e. The summed E-state index contributed by atoms with van der Waals surface area (Å²) < 4.78 is 1.81. The Morgan fingerprint density at radius 3 is 3.23 bits per heavy atom. The van der Waals surface area contributed by atoms with E-state index in [0.29, 0.717) is 0 Å². The third-order valence-electron chi connectivity index (χ3n) is 1.75. The van der Waals surface area contributed by atoms with Gasteiger partial charge in [0.2, 0.25) is 0 Å². The van der Waals surface area contributed by atoms with Gasteiger partial charge in [0, 0.05) is 31.7 Å². The summed E-state index contributed by atoms with van der Waals surface area (Å²) in [6.45, 7) is 1.02. The van der Waals surface area contributed by atoms with Gasteiger partial charge in [-0.1, -0.05) is 0 Å². The zero-order valence-electron chi connectivity index (χ0n) is 7.23. The maximum absolute atomic E-state index is 4.58. The van der Waals surface area contributed by atoms with E-state index in [2.05, 4.69) is 22.9 Å². The lowest BCUT2D eigenvalue weighted by atomic mass is 10.8. The second-order valence-electron chi connectivity index (χ2n) is 2.78. The number of imidazole rings is 1. The van der Waals surface area contributed by atoms with E-state index in [1.165, 1.54) is 0 Å². The molecular formula is C7H11N3S3. The molecule has 0 bridgehead atoms. The van der Waals surface area contributed by atoms with E-state index in [4.69, 9.17) is 0 Å². The van der Waals surface area contributed by atoms with E-state index >= 15 is 0 Å². The molecule has 0 aromatic carbocycles.